The predicted octanol–water partition coefficient (Wildman–Crippen LogP) is 2.84. The molecule has 2 saturated heterocycles. The summed E-state index contributed by atoms with van der Waals surface area (Å²) in [5.74, 6) is -0.445. The number of fused-ring (bicyclic) bond motifs is 1. The maximum atomic E-state index is 13.0. The lowest BCUT2D eigenvalue weighted by Crippen LogP contribution is -2.36. The van der Waals surface area contributed by atoms with Gasteiger partial charge in [0.05, 0.1) is 11.8 Å². The molecule has 148 valence electrons. The Balaban J connectivity index is 1.30. The van der Waals surface area contributed by atoms with E-state index in [0.717, 1.165) is 38.8 Å². The van der Waals surface area contributed by atoms with E-state index in [4.69, 9.17) is 4.74 Å². The summed E-state index contributed by atoms with van der Waals surface area (Å²) in [7, 11) is 0. The summed E-state index contributed by atoms with van der Waals surface area (Å²) < 4.78 is 5.43. The van der Waals surface area contributed by atoms with Crippen LogP contribution in [0.3, 0.4) is 0 Å². The number of benzene rings is 1. The van der Waals surface area contributed by atoms with Gasteiger partial charge in [0.1, 0.15) is 6.10 Å². The highest BCUT2D eigenvalue weighted by atomic mass is 16.6. The van der Waals surface area contributed by atoms with Gasteiger partial charge in [0.15, 0.2) is 0 Å². The molecule has 2 aliphatic heterocycles. The van der Waals surface area contributed by atoms with Crippen molar-refractivity contribution in [2.75, 3.05) is 18.4 Å². The number of hydrogen-bond donors (Lipinski definition) is 1. The second-order valence-corrected chi connectivity index (χ2v) is 8.70. The van der Waals surface area contributed by atoms with Crippen molar-refractivity contribution in [3.05, 3.63) is 29.8 Å². The normalized spacial score (nSPS) is 33.5. The fourth-order valence-electron chi connectivity index (χ4n) is 5.78. The number of esters is 1. The summed E-state index contributed by atoms with van der Waals surface area (Å²) in [6, 6.07) is 7.18. The minimum atomic E-state index is -0.304. The molecule has 1 aromatic carbocycles. The second kappa shape index (κ2) is 6.90. The third-order valence-electron chi connectivity index (χ3n) is 7.06. The van der Waals surface area contributed by atoms with Crippen LogP contribution in [0.2, 0.25) is 0 Å². The number of rotatable bonds is 3. The molecular formula is C22H26N2O4. The molecule has 0 radical (unpaired) electrons. The average Bonchev–Trinajstić information content (AvgIpc) is 3.20. The van der Waals surface area contributed by atoms with Gasteiger partial charge < -0.3 is 15.0 Å². The van der Waals surface area contributed by atoms with Crippen molar-refractivity contribution in [1.29, 1.82) is 0 Å². The SMILES string of the molecule is O=C(Nc1cccc(C(=O)N2CCCCCC2)c1)[C@@H]1[C@@H]2C[C@@H]3[C@H]1C(=O)O[C@@H]3C2. The summed E-state index contributed by atoms with van der Waals surface area (Å²) >= 11 is 0. The highest BCUT2D eigenvalue weighted by molar-refractivity contribution is 5.99. The molecular weight excluding hydrogens is 356 g/mol. The van der Waals surface area contributed by atoms with Crippen molar-refractivity contribution < 1.29 is 19.1 Å². The lowest BCUT2D eigenvalue weighted by molar-refractivity contribution is -0.145. The minimum Gasteiger partial charge on any atom is -0.462 e. The van der Waals surface area contributed by atoms with Crippen molar-refractivity contribution in [3.8, 4) is 0 Å². The van der Waals surface area contributed by atoms with Crippen molar-refractivity contribution in [1.82, 2.24) is 4.90 Å². The number of hydrogen-bond acceptors (Lipinski definition) is 4. The van der Waals surface area contributed by atoms with Crippen LogP contribution in [0.4, 0.5) is 5.69 Å². The average molecular weight is 382 g/mol. The van der Waals surface area contributed by atoms with E-state index in [2.05, 4.69) is 5.32 Å². The van der Waals surface area contributed by atoms with E-state index in [-0.39, 0.29) is 47.6 Å². The van der Waals surface area contributed by atoms with Crippen LogP contribution < -0.4 is 5.32 Å². The molecule has 6 nitrogen and oxygen atoms in total. The topological polar surface area (TPSA) is 75.7 Å². The third kappa shape index (κ3) is 2.90. The van der Waals surface area contributed by atoms with Crippen LogP contribution in [-0.4, -0.2) is 41.9 Å². The lowest BCUT2D eigenvalue weighted by Gasteiger charge is -2.24. The molecule has 0 aromatic heterocycles. The molecule has 2 bridgehead atoms. The van der Waals surface area contributed by atoms with Gasteiger partial charge in [-0.1, -0.05) is 18.9 Å². The van der Waals surface area contributed by atoms with Crippen LogP contribution in [0.25, 0.3) is 0 Å². The van der Waals surface area contributed by atoms with E-state index in [1.807, 2.05) is 4.90 Å². The monoisotopic (exact) mass is 382 g/mol. The Labute approximate surface area is 164 Å². The molecule has 0 unspecified atom stereocenters. The Hall–Kier alpha value is -2.37. The molecule has 5 atom stereocenters. The Bertz CT molecular complexity index is 813. The van der Waals surface area contributed by atoms with Crippen LogP contribution in [0.5, 0.6) is 0 Å². The first-order valence-corrected chi connectivity index (χ1v) is 10.5. The van der Waals surface area contributed by atoms with Gasteiger partial charge in [-0.2, -0.15) is 0 Å². The summed E-state index contributed by atoms with van der Waals surface area (Å²) in [5.41, 5.74) is 1.23. The van der Waals surface area contributed by atoms with Gasteiger partial charge in [-0.25, -0.2) is 0 Å². The molecule has 6 heteroatoms. The highest BCUT2D eigenvalue weighted by Crippen LogP contribution is 2.57. The largest absolute Gasteiger partial charge is 0.462 e. The van der Waals surface area contributed by atoms with E-state index in [0.29, 0.717) is 11.3 Å². The Morgan fingerprint density at radius 3 is 2.64 bits per heavy atom. The first-order valence-electron chi connectivity index (χ1n) is 10.5. The standard InChI is InChI=1S/C22H26N2O4/c25-20(18-14-11-16-17(12-14)28-22(27)19(16)18)23-15-7-5-6-13(10-15)21(26)24-8-3-1-2-4-9-24/h5-7,10,14,16-19H,1-4,8-9,11-12H2,(H,23,25)/t14-,16+,17-,18-,19-/m1/s1. The number of amides is 2. The van der Waals surface area contributed by atoms with Crippen LogP contribution in [0, 0.1) is 23.7 Å². The fraction of sp³-hybridized carbons (Fsp3) is 0.591. The van der Waals surface area contributed by atoms with Gasteiger partial charge in [-0.15, -0.1) is 0 Å². The van der Waals surface area contributed by atoms with Gasteiger partial charge in [-0.05, 0) is 49.8 Å². The molecule has 2 aliphatic carbocycles. The van der Waals surface area contributed by atoms with E-state index in [9.17, 15) is 14.4 Å². The Kier molecular flexibility index (Phi) is 4.37. The quantitative estimate of drug-likeness (QED) is 0.816. The third-order valence-corrected chi connectivity index (χ3v) is 7.06. The van der Waals surface area contributed by atoms with Gasteiger partial charge in [0, 0.05) is 30.3 Å². The van der Waals surface area contributed by atoms with E-state index >= 15 is 0 Å². The molecule has 28 heavy (non-hydrogen) atoms. The number of anilines is 1. The van der Waals surface area contributed by atoms with Gasteiger partial charge >= 0.3 is 5.97 Å². The predicted molar refractivity (Wildman–Crippen MR) is 103 cm³/mol. The minimum absolute atomic E-state index is 0.0279. The molecule has 2 amide bonds. The molecule has 2 heterocycles. The van der Waals surface area contributed by atoms with Crippen molar-refractivity contribution >= 4 is 23.5 Å². The Morgan fingerprint density at radius 2 is 1.86 bits per heavy atom. The molecule has 4 fully saturated rings. The maximum Gasteiger partial charge on any atom is 0.310 e. The molecule has 1 N–H and O–H groups in total. The molecule has 5 rings (SSSR count). The summed E-state index contributed by atoms with van der Waals surface area (Å²) in [6.07, 6.45) is 6.18. The molecule has 0 spiro atoms. The molecule has 1 aromatic rings. The first-order chi connectivity index (χ1) is 13.6. The van der Waals surface area contributed by atoms with Crippen LogP contribution in [-0.2, 0) is 14.3 Å². The summed E-state index contributed by atoms with van der Waals surface area (Å²) in [5, 5.41) is 2.97. The smallest absolute Gasteiger partial charge is 0.310 e. The van der Waals surface area contributed by atoms with Gasteiger partial charge in [0.2, 0.25) is 5.91 Å². The zero-order valence-electron chi connectivity index (χ0n) is 15.9. The van der Waals surface area contributed by atoms with Gasteiger partial charge in [0.25, 0.3) is 5.91 Å². The summed E-state index contributed by atoms with van der Waals surface area (Å²) in [4.78, 5) is 39.9. The van der Waals surface area contributed by atoms with Gasteiger partial charge in [-0.3, -0.25) is 14.4 Å². The van der Waals surface area contributed by atoms with Crippen molar-refractivity contribution in [2.24, 2.45) is 23.7 Å². The van der Waals surface area contributed by atoms with Crippen molar-refractivity contribution in [3.63, 3.8) is 0 Å². The van der Waals surface area contributed by atoms with Crippen molar-refractivity contribution in [2.45, 2.75) is 44.6 Å². The highest BCUT2D eigenvalue weighted by Gasteiger charge is 2.63. The van der Waals surface area contributed by atoms with Crippen LogP contribution >= 0.6 is 0 Å². The first kappa shape index (κ1) is 17.7. The fourth-order valence-corrected chi connectivity index (χ4v) is 5.78. The van der Waals surface area contributed by atoms with E-state index < -0.39 is 0 Å². The number of ether oxygens (including phenoxy) is 1. The molecule has 2 saturated carbocycles. The number of nitrogens with one attached hydrogen (secondary N) is 1. The number of carbonyl (C=O) groups excluding carboxylic acids is 3. The number of likely N-dealkylation sites (tertiary alicyclic amines) is 1. The number of carbonyl (C=O) groups is 3. The number of nitrogens with zero attached hydrogens (tertiary/aromatic N) is 1. The summed E-state index contributed by atoms with van der Waals surface area (Å²) in [6.45, 7) is 1.59. The van der Waals surface area contributed by atoms with E-state index in [1.54, 1.807) is 24.3 Å². The second-order valence-electron chi connectivity index (χ2n) is 8.70. The van der Waals surface area contributed by atoms with E-state index in [1.165, 1.54) is 12.8 Å². The zero-order chi connectivity index (χ0) is 19.3. The lowest BCUT2D eigenvalue weighted by atomic mass is 9.79. The maximum absolute atomic E-state index is 13.0. The zero-order valence-corrected chi connectivity index (χ0v) is 15.9. The molecule has 4 aliphatic rings. The van der Waals surface area contributed by atoms with Crippen LogP contribution in [0.1, 0.15) is 48.9 Å². The van der Waals surface area contributed by atoms with Crippen LogP contribution in [0.15, 0.2) is 24.3 Å². The Morgan fingerprint density at radius 1 is 1.07 bits per heavy atom.